The number of amides is 1. The first-order valence-corrected chi connectivity index (χ1v) is 7.89. The molecule has 108 valence electrons. The Hall–Kier alpha value is -1.51. The maximum absolute atomic E-state index is 12.4. The van der Waals surface area contributed by atoms with E-state index in [9.17, 15) is 4.79 Å². The molecule has 1 aromatic rings. The van der Waals surface area contributed by atoms with Crippen LogP contribution in [-0.4, -0.2) is 18.0 Å². The SMILES string of the molecule is CC(NC(=O)C1CCc2ccccc2N1)C1CCCC1. The first-order chi connectivity index (χ1) is 9.74. The third-order valence-corrected chi connectivity index (χ3v) is 4.84. The molecule has 0 aromatic heterocycles. The van der Waals surface area contributed by atoms with Crippen LogP contribution in [0.2, 0.25) is 0 Å². The van der Waals surface area contributed by atoms with E-state index in [4.69, 9.17) is 0 Å². The number of carbonyl (C=O) groups is 1. The molecule has 1 aliphatic carbocycles. The second-order valence-corrected chi connectivity index (χ2v) is 6.23. The van der Waals surface area contributed by atoms with E-state index in [1.807, 2.05) is 6.07 Å². The summed E-state index contributed by atoms with van der Waals surface area (Å²) in [6.45, 7) is 2.16. The van der Waals surface area contributed by atoms with Crippen molar-refractivity contribution in [3.05, 3.63) is 29.8 Å². The topological polar surface area (TPSA) is 41.1 Å². The zero-order valence-electron chi connectivity index (χ0n) is 12.2. The van der Waals surface area contributed by atoms with Crippen LogP contribution in [0.4, 0.5) is 5.69 Å². The van der Waals surface area contributed by atoms with Gasteiger partial charge in [0.15, 0.2) is 0 Å². The molecule has 1 amide bonds. The second-order valence-electron chi connectivity index (χ2n) is 6.23. The van der Waals surface area contributed by atoms with Gasteiger partial charge < -0.3 is 10.6 Å². The maximum atomic E-state index is 12.4. The average molecular weight is 272 g/mol. The Bertz CT molecular complexity index is 480. The summed E-state index contributed by atoms with van der Waals surface area (Å²) in [5, 5.41) is 6.60. The van der Waals surface area contributed by atoms with Crippen molar-refractivity contribution in [2.45, 2.75) is 57.5 Å². The Balaban J connectivity index is 1.58. The van der Waals surface area contributed by atoms with Gasteiger partial charge in [-0.05, 0) is 50.2 Å². The largest absolute Gasteiger partial charge is 0.373 e. The minimum Gasteiger partial charge on any atom is -0.373 e. The van der Waals surface area contributed by atoms with Crippen molar-refractivity contribution < 1.29 is 4.79 Å². The van der Waals surface area contributed by atoms with Crippen LogP contribution >= 0.6 is 0 Å². The normalized spacial score (nSPS) is 23.8. The average Bonchev–Trinajstić information content (AvgIpc) is 3.01. The Morgan fingerprint density at radius 3 is 2.80 bits per heavy atom. The summed E-state index contributed by atoms with van der Waals surface area (Å²) in [7, 11) is 0. The molecule has 3 nitrogen and oxygen atoms in total. The second kappa shape index (κ2) is 5.86. The molecule has 0 bridgehead atoms. The number of hydrogen-bond donors (Lipinski definition) is 2. The molecule has 3 rings (SSSR count). The van der Waals surface area contributed by atoms with Crippen LogP contribution in [0.25, 0.3) is 0 Å². The van der Waals surface area contributed by atoms with Crippen molar-refractivity contribution >= 4 is 11.6 Å². The fourth-order valence-corrected chi connectivity index (χ4v) is 3.54. The predicted octanol–water partition coefficient (Wildman–Crippen LogP) is 3.11. The van der Waals surface area contributed by atoms with Gasteiger partial charge in [-0.2, -0.15) is 0 Å². The first-order valence-electron chi connectivity index (χ1n) is 7.89. The molecular weight excluding hydrogens is 248 g/mol. The number of benzene rings is 1. The number of rotatable bonds is 3. The molecule has 2 aliphatic rings. The summed E-state index contributed by atoms with van der Waals surface area (Å²) < 4.78 is 0. The number of nitrogens with one attached hydrogen (secondary N) is 2. The van der Waals surface area contributed by atoms with Crippen LogP contribution in [0.1, 0.15) is 44.6 Å². The van der Waals surface area contributed by atoms with Crippen LogP contribution in [0, 0.1) is 5.92 Å². The van der Waals surface area contributed by atoms with Crippen molar-refractivity contribution in [2.75, 3.05) is 5.32 Å². The Kier molecular flexibility index (Phi) is 3.95. The lowest BCUT2D eigenvalue weighted by molar-refractivity contribution is -0.123. The van der Waals surface area contributed by atoms with E-state index >= 15 is 0 Å². The summed E-state index contributed by atoms with van der Waals surface area (Å²) in [5.74, 6) is 0.841. The maximum Gasteiger partial charge on any atom is 0.242 e. The summed E-state index contributed by atoms with van der Waals surface area (Å²) >= 11 is 0. The summed E-state index contributed by atoms with van der Waals surface area (Å²) in [4.78, 5) is 12.4. The summed E-state index contributed by atoms with van der Waals surface area (Å²) in [6, 6.07) is 8.51. The Morgan fingerprint density at radius 1 is 1.25 bits per heavy atom. The monoisotopic (exact) mass is 272 g/mol. The zero-order valence-corrected chi connectivity index (χ0v) is 12.2. The highest BCUT2D eigenvalue weighted by Crippen LogP contribution is 2.28. The van der Waals surface area contributed by atoms with Gasteiger partial charge >= 0.3 is 0 Å². The number of para-hydroxylation sites is 1. The number of anilines is 1. The van der Waals surface area contributed by atoms with Crippen LogP contribution in [0.15, 0.2) is 24.3 Å². The third kappa shape index (κ3) is 2.82. The number of aryl methyl sites for hydroxylation is 1. The van der Waals surface area contributed by atoms with E-state index in [0.717, 1.165) is 18.5 Å². The van der Waals surface area contributed by atoms with Gasteiger partial charge in [0.1, 0.15) is 6.04 Å². The van der Waals surface area contributed by atoms with Crippen molar-refractivity contribution in [3.63, 3.8) is 0 Å². The lowest BCUT2D eigenvalue weighted by atomic mass is 9.96. The lowest BCUT2D eigenvalue weighted by Crippen LogP contribution is -2.47. The molecular formula is C17H24N2O. The van der Waals surface area contributed by atoms with E-state index in [-0.39, 0.29) is 11.9 Å². The molecule has 2 unspecified atom stereocenters. The van der Waals surface area contributed by atoms with Gasteiger partial charge in [0.05, 0.1) is 0 Å². The Morgan fingerprint density at radius 2 is 2.00 bits per heavy atom. The highest BCUT2D eigenvalue weighted by Gasteiger charge is 2.27. The number of hydrogen-bond acceptors (Lipinski definition) is 2. The van der Waals surface area contributed by atoms with Crippen molar-refractivity contribution in [1.29, 1.82) is 0 Å². The Labute approximate surface area is 121 Å². The first kappa shape index (κ1) is 13.5. The molecule has 0 saturated heterocycles. The van der Waals surface area contributed by atoms with Crippen LogP contribution in [0.3, 0.4) is 0 Å². The molecule has 1 heterocycles. The van der Waals surface area contributed by atoms with E-state index < -0.39 is 0 Å². The van der Waals surface area contributed by atoms with Crippen molar-refractivity contribution in [3.8, 4) is 0 Å². The number of fused-ring (bicyclic) bond motifs is 1. The molecule has 2 N–H and O–H groups in total. The predicted molar refractivity (Wildman–Crippen MR) is 81.7 cm³/mol. The van der Waals surface area contributed by atoms with Crippen molar-refractivity contribution in [2.24, 2.45) is 5.92 Å². The van der Waals surface area contributed by atoms with Gasteiger partial charge in [0.2, 0.25) is 5.91 Å². The molecule has 20 heavy (non-hydrogen) atoms. The molecule has 1 saturated carbocycles. The highest BCUT2D eigenvalue weighted by molar-refractivity contribution is 5.85. The quantitative estimate of drug-likeness (QED) is 0.887. The van der Waals surface area contributed by atoms with E-state index in [0.29, 0.717) is 12.0 Å². The van der Waals surface area contributed by atoms with Gasteiger partial charge in [0, 0.05) is 11.7 Å². The fourth-order valence-electron chi connectivity index (χ4n) is 3.54. The molecule has 3 heteroatoms. The van der Waals surface area contributed by atoms with Crippen molar-refractivity contribution in [1.82, 2.24) is 5.32 Å². The van der Waals surface area contributed by atoms with Gasteiger partial charge in [0.25, 0.3) is 0 Å². The molecule has 1 aromatic carbocycles. The molecule has 1 aliphatic heterocycles. The van der Waals surface area contributed by atoms with Gasteiger partial charge in [-0.25, -0.2) is 0 Å². The van der Waals surface area contributed by atoms with E-state index in [1.165, 1.54) is 31.2 Å². The molecule has 1 fully saturated rings. The van der Waals surface area contributed by atoms with Crippen LogP contribution in [-0.2, 0) is 11.2 Å². The molecule has 0 spiro atoms. The summed E-state index contributed by atoms with van der Waals surface area (Å²) in [5.41, 5.74) is 2.44. The number of carbonyl (C=O) groups excluding carboxylic acids is 1. The van der Waals surface area contributed by atoms with Gasteiger partial charge in [-0.15, -0.1) is 0 Å². The van der Waals surface area contributed by atoms with Crippen LogP contribution < -0.4 is 10.6 Å². The standard InChI is InChI=1S/C17H24N2O/c1-12(13-6-2-3-7-13)18-17(20)16-11-10-14-8-4-5-9-15(14)19-16/h4-5,8-9,12-13,16,19H,2-3,6-7,10-11H2,1H3,(H,18,20). The lowest BCUT2D eigenvalue weighted by Gasteiger charge is -2.28. The smallest absolute Gasteiger partial charge is 0.242 e. The van der Waals surface area contributed by atoms with Crippen LogP contribution in [0.5, 0.6) is 0 Å². The van der Waals surface area contributed by atoms with Gasteiger partial charge in [-0.1, -0.05) is 31.0 Å². The third-order valence-electron chi connectivity index (χ3n) is 4.84. The fraction of sp³-hybridized carbons (Fsp3) is 0.588. The highest BCUT2D eigenvalue weighted by atomic mass is 16.2. The minimum absolute atomic E-state index is 0.0752. The zero-order chi connectivity index (χ0) is 13.9. The minimum atomic E-state index is -0.0752. The van der Waals surface area contributed by atoms with E-state index in [1.54, 1.807) is 0 Å². The van der Waals surface area contributed by atoms with E-state index in [2.05, 4.69) is 35.8 Å². The van der Waals surface area contributed by atoms with Gasteiger partial charge in [-0.3, -0.25) is 4.79 Å². The molecule has 2 atom stereocenters. The summed E-state index contributed by atoms with van der Waals surface area (Å²) in [6.07, 6.45) is 7.05. The molecule has 0 radical (unpaired) electrons.